The topological polar surface area (TPSA) is 68.3 Å². The first-order valence-corrected chi connectivity index (χ1v) is 7.84. The average Bonchev–Trinajstić information content (AvgIpc) is 2.90. The molecule has 1 unspecified atom stereocenters. The van der Waals surface area contributed by atoms with E-state index in [-0.39, 0.29) is 22.7 Å². The van der Waals surface area contributed by atoms with Gasteiger partial charge < -0.3 is 10.1 Å². The summed E-state index contributed by atoms with van der Waals surface area (Å²) in [7, 11) is 0. The molecular weight excluding hydrogens is 276 g/mol. The van der Waals surface area contributed by atoms with E-state index in [0.717, 1.165) is 24.2 Å². The SMILES string of the molecule is CCOC(=O)c1nc(C(=O)NC(C)C(CC)CC)cs1. The smallest absolute Gasteiger partial charge is 0.367 e. The van der Waals surface area contributed by atoms with Crippen LogP contribution in [-0.4, -0.2) is 29.5 Å². The van der Waals surface area contributed by atoms with E-state index in [0.29, 0.717) is 12.5 Å². The molecule has 0 aliphatic rings. The number of nitrogens with one attached hydrogen (secondary N) is 1. The summed E-state index contributed by atoms with van der Waals surface area (Å²) in [6, 6.07) is 0.0882. The van der Waals surface area contributed by atoms with Crippen molar-refractivity contribution < 1.29 is 14.3 Å². The molecular formula is C14H22N2O3S. The van der Waals surface area contributed by atoms with Crippen LogP contribution in [0.15, 0.2) is 5.38 Å². The van der Waals surface area contributed by atoms with Crippen LogP contribution in [0.1, 0.15) is 60.8 Å². The summed E-state index contributed by atoms with van der Waals surface area (Å²) < 4.78 is 4.85. The number of esters is 1. The van der Waals surface area contributed by atoms with Gasteiger partial charge in [0.2, 0.25) is 5.01 Å². The third-order valence-corrected chi connectivity index (χ3v) is 4.12. The van der Waals surface area contributed by atoms with E-state index >= 15 is 0 Å². The van der Waals surface area contributed by atoms with Crippen LogP contribution in [0.2, 0.25) is 0 Å². The highest BCUT2D eigenvalue weighted by molar-refractivity contribution is 7.11. The maximum Gasteiger partial charge on any atom is 0.367 e. The number of thiazole rings is 1. The minimum atomic E-state index is -0.482. The highest BCUT2D eigenvalue weighted by atomic mass is 32.1. The summed E-state index contributed by atoms with van der Waals surface area (Å²) in [6.07, 6.45) is 2.03. The van der Waals surface area contributed by atoms with Gasteiger partial charge in [-0.25, -0.2) is 9.78 Å². The van der Waals surface area contributed by atoms with Crippen LogP contribution in [0.5, 0.6) is 0 Å². The lowest BCUT2D eigenvalue weighted by atomic mass is 9.95. The second-order valence-electron chi connectivity index (χ2n) is 4.60. The van der Waals surface area contributed by atoms with Gasteiger partial charge in [0.05, 0.1) is 6.61 Å². The molecule has 0 bridgehead atoms. The number of nitrogens with zero attached hydrogens (tertiary/aromatic N) is 1. The fourth-order valence-corrected chi connectivity index (χ4v) is 2.75. The third-order valence-electron chi connectivity index (χ3n) is 3.30. The van der Waals surface area contributed by atoms with Gasteiger partial charge in [-0.05, 0) is 19.8 Å². The number of aromatic nitrogens is 1. The van der Waals surface area contributed by atoms with Crippen LogP contribution in [-0.2, 0) is 4.74 Å². The molecule has 0 fully saturated rings. The second-order valence-corrected chi connectivity index (χ2v) is 5.46. The van der Waals surface area contributed by atoms with Crippen LogP contribution in [0.4, 0.5) is 0 Å². The summed E-state index contributed by atoms with van der Waals surface area (Å²) in [5.41, 5.74) is 0.274. The Bertz CT molecular complexity index is 455. The molecule has 1 amide bonds. The number of hydrogen-bond acceptors (Lipinski definition) is 5. The summed E-state index contributed by atoms with van der Waals surface area (Å²) in [4.78, 5) is 27.6. The quantitative estimate of drug-likeness (QED) is 0.786. The van der Waals surface area contributed by atoms with Crippen molar-refractivity contribution in [1.29, 1.82) is 0 Å². The molecule has 1 aromatic rings. The Morgan fingerprint density at radius 3 is 2.55 bits per heavy atom. The van der Waals surface area contributed by atoms with Gasteiger partial charge in [-0.2, -0.15) is 0 Å². The van der Waals surface area contributed by atoms with Crippen molar-refractivity contribution in [2.75, 3.05) is 6.61 Å². The lowest BCUT2D eigenvalue weighted by Gasteiger charge is -2.21. The van der Waals surface area contributed by atoms with Crippen molar-refractivity contribution in [3.8, 4) is 0 Å². The van der Waals surface area contributed by atoms with E-state index in [9.17, 15) is 9.59 Å². The minimum absolute atomic E-state index is 0.0882. The van der Waals surface area contributed by atoms with Crippen LogP contribution in [0, 0.1) is 5.92 Å². The maximum absolute atomic E-state index is 12.1. The number of amides is 1. The standard InChI is InChI=1S/C14H22N2O3S/c1-5-10(6-2)9(4)15-12(17)11-8-20-13(16-11)14(18)19-7-3/h8-10H,5-7H2,1-4H3,(H,15,17). The molecule has 6 heteroatoms. The van der Waals surface area contributed by atoms with Crippen molar-refractivity contribution in [2.45, 2.75) is 46.6 Å². The number of ether oxygens (including phenoxy) is 1. The summed E-state index contributed by atoms with van der Waals surface area (Å²) in [5.74, 6) is -0.275. The Hall–Kier alpha value is -1.43. The Morgan fingerprint density at radius 1 is 1.35 bits per heavy atom. The summed E-state index contributed by atoms with van der Waals surface area (Å²) in [6.45, 7) is 8.24. The average molecular weight is 298 g/mol. The molecule has 0 radical (unpaired) electrons. The number of hydrogen-bond donors (Lipinski definition) is 1. The largest absolute Gasteiger partial charge is 0.461 e. The molecule has 1 aromatic heterocycles. The molecule has 0 saturated heterocycles. The predicted octanol–water partition coefficient (Wildman–Crippen LogP) is 2.87. The Labute approximate surface area is 123 Å². The second kappa shape index (κ2) is 7.99. The van der Waals surface area contributed by atoms with E-state index in [4.69, 9.17) is 4.74 Å². The molecule has 5 nitrogen and oxygen atoms in total. The van der Waals surface area contributed by atoms with Crippen molar-refractivity contribution in [1.82, 2.24) is 10.3 Å². The van der Waals surface area contributed by atoms with Crippen LogP contribution >= 0.6 is 11.3 Å². The van der Waals surface area contributed by atoms with Gasteiger partial charge in [-0.3, -0.25) is 4.79 Å². The monoisotopic (exact) mass is 298 g/mol. The van der Waals surface area contributed by atoms with Crippen molar-refractivity contribution >= 4 is 23.2 Å². The molecule has 1 N–H and O–H groups in total. The van der Waals surface area contributed by atoms with Gasteiger partial charge in [0.15, 0.2) is 0 Å². The zero-order valence-corrected chi connectivity index (χ0v) is 13.3. The maximum atomic E-state index is 12.1. The van der Waals surface area contributed by atoms with E-state index in [1.165, 1.54) is 0 Å². The minimum Gasteiger partial charge on any atom is -0.461 e. The van der Waals surface area contributed by atoms with Crippen molar-refractivity contribution in [2.24, 2.45) is 5.92 Å². The van der Waals surface area contributed by atoms with Gasteiger partial charge in [0, 0.05) is 11.4 Å². The molecule has 0 spiro atoms. The molecule has 1 rings (SSSR count). The summed E-state index contributed by atoms with van der Waals surface area (Å²) >= 11 is 1.13. The van der Waals surface area contributed by atoms with E-state index < -0.39 is 5.97 Å². The molecule has 0 saturated carbocycles. The van der Waals surface area contributed by atoms with Crippen molar-refractivity contribution in [3.05, 3.63) is 16.1 Å². The van der Waals surface area contributed by atoms with Crippen molar-refractivity contribution in [3.63, 3.8) is 0 Å². The predicted molar refractivity (Wildman–Crippen MR) is 79.1 cm³/mol. The number of carbonyl (C=O) groups excluding carboxylic acids is 2. The fraction of sp³-hybridized carbons (Fsp3) is 0.643. The van der Waals surface area contributed by atoms with Crippen LogP contribution in [0.25, 0.3) is 0 Å². The first-order chi connectivity index (χ1) is 9.53. The summed E-state index contributed by atoms with van der Waals surface area (Å²) in [5, 5.41) is 4.73. The van der Waals surface area contributed by atoms with E-state index in [1.807, 2.05) is 6.92 Å². The molecule has 1 heterocycles. The highest BCUT2D eigenvalue weighted by Crippen LogP contribution is 2.15. The van der Waals surface area contributed by atoms with E-state index in [1.54, 1.807) is 12.3 Å². The van der Waals surface area contributed by atoms with Gasteiger partial charge >= 0.3 is 5.97 Å². The number of rotatable bonds is 7. The van der Waals surface area contributed by atoms with Crippen LogP contribution in [0.3, 0.4) is 0 Å². The third kappa shape index (κ3) is 4.30. The Morgan fingerprint density at radius 2 is 2.00 bits per heavy atom. The van der Waals surface area contributed by atoms with Crippen LogP contribution < -0.4 is 5.32 Å². The number of carbonyl (C=O) groups is 2. The first kappa shape index (κ1) is 16.6. The lowest BCUT2D eigenvalue weighted by Crippen LogP contribution is -2.37. The zero-order valence-electron chi connectivity index (χ0n) is 12.4. The molecule has 0 aliphatic carbocycles. The molecule has 112 valence electrons. The highest BCUT2D eigenvalue weighted by Gasteiger charge is 2.20. The van der Waals surface area contributed by atoms with Gasteiger partial charge in [0.1, 0.15) is 5.69 Å². The van der Waals surface area contributed by atoms with Gasteiger partial charge in [0.25, 0.3) is 5.91 Å². The Kier molecular flexibility index (Phi) is 6.64. The molecule has 0 aromatic carbocycles. The molecule has 0 aliphatic heterocycles. The zero-order chi connectivity index (χ0) is 15.1. The molecule has 1 atom stereocenters. The fourth-order valence-electron chi connectivity index (χ4n) is 2.06. The molecule has 20 heavy (non-hydrogen) atoms. The van der Waals surface area contributed by atoms with E-state index in [2.05, 4.69) is 24.1 Å². The first-order valence-electron chi connectivity index (χ1n) is 6.96. The lowest BCUT2D eigenvalue weighted by molar-refractivity contribution is 0.0526. The Balaban J connectivity index is 2.66. The van der Waals surface area contributed by atoms with Gasteiger partial charge in [-0.15, -0.1) is 11.3 Å². The normalized spacial score (nSPS) is 12.2. The van der Waals surface area contributed by atoms with Gasteiger partial charge in [-0.1, -0.05) is 26.7 Å².